The van der Waals surface area contributed by atoms with Crippen molar-refractivity contribution in [3.63, 3.8) is 0 Å². The molecule has 6 heteroatoms. The Hall–Kier alpha value is -3.15. The Morgan fingerprint density at radius 3 is 2.57 bits per heavy atom. The molecule has 1 saturated heterocycles. The first-order valence-corrected chi connectivity index (χ1v) is 10.7. The number of anilines is 2. The highest BCUT2D eigenvalue weighted by molar-refractivity contribution is 6.00. The van der Waals surface area contributed by atoms with E-state index in [9.17, 15) is 4.79 Å². The van der Waals surface area contributed by atoms with E-state index in [1.807, 2.05) is 35.2 Å². The Labute approximate surface area is 177 Å². The number of benzene rings is 2. The maximum atomic E-state index is 13.3. The standard InChI is InChI=1S/C24H29N5O/c1-4-28-16-25-27-23(28)19-12-14-29(15-13-19)24(30)20-9-5-6-10-22(20)26-21-11-7-8-17(2)18(21)3/h5-11,16,19,26H,4,12-15H2,1-3H3. The van der Waals surface area contributed by atoms with Crippen molar-refractivity contribution < 1.29 is 4.79 Å². The summed E-state index contributed by atoms with van der Waals surface area (Å²) >= 11 is 0. The number of nitrogens with zero attached hydrogens (tertiary/aromatic N) is 4. The van der Waals surface area contributed by atoms with Gasteiger partial charge in [-0.05, 0) is 62.9 Å². The lowest BCUT2D eigenvalue weighted by molar-refractivity contribution is 0.0711. The summed E-state index contributed by atoms with van der Waals surface area (Å²) in [6.45, 7) is 8.64. The van der Waals surface area contributed by atoms with Crippen molar-refractivity contribution in [2.75, 3.05) is 18.4 Å². The van der Waals surface area contributed by atoms with E-state index in [0.717, 1.165) is 49.7 Å². The van der Waals surface area contributed by atoms with Gasteiger partial charge in [-0.15, -0.1) is 10.2 Å². The van der Waals surface area contributed by atoms with E-state index < -0.39 is 0 Å². The third-order valence-corrected chi connectivity index (χ3v) is 6.16. The van der Waals surface area contributed by atoms with Crippen LogP contribution in [0.25, 0.3) is 0 Å². The zero-order valence-electron chi connectivity index (χ0n) is 17.9. The summed E-state index contributed by atoms with van der Waals surface area (Å²) in [7, 11) is 0. The van der Waals surface area contributed by atoms with Crippen molar-refractivity contribution in [3.05, 3.63) is 71.3 Å². The molecular formula is C24H29N5O. The maximum absolute atomic E-state index is 13.3. The van der Waals surface area contributed by atoms with E-state index in [-0.39, 0.29) is 5.91 Å². The van der Waals surface area contributed by atoms with Crippen LogP contribution in [0.4, 0.5) is 11.4 Å². The Morgan fingerprint density at radius 2 is 1.80 bits per heavy atom. The van der Waals surface area contributed by atoms with Gasteiger partial charge in [-0.2, -0.15) is 0 Å². The first-order valence-electron chi connectivity index (χ1n) is 10.7. The summed E-state index contributed by atoms with van der Waals surface area (Å²) in [5.41, 5.74) is 5.02. The average Bonchev–Trinajstić information content (AvgIpc) is 3.26. The van der Waals surface area contributed by atoms with Crippen molar-refractivity contribution in [1.29, 1.82) is 0 Å². The van der Waals surface area contributed by atoms with E-state index in [0.29, 0.717) is 11.5 Å². The van der Waals surface area contributed by atoms with E-state index in [4.69, 9.17) is 0 Å². The van der Waals surface area contributed by atoms with Gasteiger partial charge in [-0.3, -0.25) is 4.79 Å². The van der Waals surface area contributed by atoms with Gasteiger partial charge in [0.05, 0.1) is 11.3 Å². The summed E-state index contributed by atoms with van der Waals surface area (Å²) in [6, 6.07) is 14.0. The summed E-state index contributed by atoms with van der Waals surface area (Å²) in [4.78, 5) is 15.3. The number of hydrogen-bond acceptors (Lipinski definition) is 4. The number of aromatic nitrogens is 3. The third kappa shape index (κ3) is 3.95. The van der Waals surface area contributed by atoms with Crippen LogP contribution in [-0.4, -0.2) is 38.7 Å². The topological polar surface area (TPSA) is 63.1 Å². The van der Waals surface area contributed by atoms with Crippen LogP contribution in [0.5, 0.6) is 0 Å². The van der Waals surface area contributed by atoms with Gasteiger partial charge in [0.1, 0.15) is 12.2 Å². The average molecular weight is 404 g/mol. The molecule has 0 atom stereocenters. The lowest BCUT2D eigenvalue weighted by Crippen LogP contribution is -2.38. The van der Waals surface area contributed by atoms with Gasteiger partial charge in [-0.25, -0.2) is 0 Å². The molecule has 0 saturated carbocycles. The second kappa shape index (κ2) is 8.69. The number of carbonyl (C=O) groups excluding carboxylic acids is 1. The van der Waals surface area contributed by atoms with Crippen LogP contribution in [0.3, 0.4) is 0 Å². The molecule has 1 amide bonds. The molecule has 3 aromatic rings. The highest BCUT2D eigenvalue weighted by Gasteiger charge is 2.28. The molecule has 4 rings (SSSR count). The van der Waals surface area contributed by atoms with E-state index in [1.165, 1.54) is 11.1 Å². The minimum absolute atomic E-state index is 0.0822. The number of rotatable bonds is 5. The number of hydrogen-bond donors (Lipinski definition) is 1. The molecular weight excluding hydrogens is 374 g/mol. The van der Waals surface area contributed by atoms with Crippen molar-refractivity contribution >= 4 is 17.3 Å². The highest BCUT2D eigenvalue weighted by Crippen LogP contribution is 2.30. The lowest BCUT2D eigenvalue weighted by Gasteiger charge is -2.32. The van der Waals surface area contributed by atoms with Crippen LogP contribution >= 0.6 is 0 Å². The third-order valence-electron chi connectivity index (χ3n) is 6.16. The predicted octanol–water partition coefficient (Wildman–Crippen LogP) is 4.68. The fourth-order valence-electron chi connectivity index (χ4n) is 4.15. The van der Waals surface area contributed by atoms with Crippen LogP contribution in [0.15, 0.2) is 48.8 Å². The molecule has 0 radical (unpaired) electrons. The van der Waals surface area contributed by atoms with Gasteiger partial charge in [0, 0.05) is 31.2 Å². The summed E-state index contributed by atoms with van der Waals surface area (Å²) in [5, 5.41) is 11.9. The second-order valence-electron chi connectivity index (χ2n) is 7.96. The molecule has 0 aliphatic carbocycles. The van der Waals surface area contributed by atoms with Crippen molar-refractivity contribution in [2.45, 2.75) is 46.1 Å². The highest BCUT2D eigenvalue weighted by atomic mass is 16.2. The van der Waals surface area contributed by atoms with Crippen molar-refractivity contribution in [1.82, 2.24) is 19.7 Å². The first-order chi connectivity index (χ1) is 14.6. The molecule has 1 aliphatic heterocycles. The number of para-hydroxylation sites is 1. The van der Waals surface area contributed by atoms with Crippen molar-refractivity contribution in [2.24, 2.45) is 0 Å². The number of likely N-dealkylation sites (tertiary alicyclic amines) is 1. The van der Waals surface area contributed by atoms with E-state index in [1.54, 1.807) is 6.33 Å². The molecule has 1 N–H and O–H groups in total. The molecule has 6 nitrogen and oxygen atoms in total. The number of amides is 1. The molecule has 2 heterocycles. The second-order valence-corrected chi connectivity index (χ2v) is 7.96. The molecule has 0 spiro atoms. The molecule has 30 heavy (non-hydrogen) atoms. The van der Waals surface area contributed by atoms with Crippen LogP contribution in [-0.2, 0) is 6.54 Å². The van der Waals surface area contributed by atoms with Gasteiger partial charge >= 0.3 is 0 Å². The van der Waals surface area contributed by atoms with Crippen LogP contribution < -0.4 is 5.32 Å². The van der Waals surface area contributed by atoms with Gasteiger partial charge < -0.3 is 14.8 Å². The summed E-state index contributed by atoms with van der Waals surface area (Å²) in [6.07, 6.45) is 3.62. The van der Waals surface area contributed by atoms with Crippen molar-refractivity contribution in [3.8, 4) is 0 Å². The Morgan fingerprint density at radius 1 is 1.07 bits per heavy atom. The van der Waals surface area contributed by atoms with Crippen LogP contribution in [0, 0.1) is 13.8 Å². The largest absolute Gasteiger partial charge is 0.355 e. The summed E-state index contributed by atoms with van der Waals surface area (Å²) < 4.78 is 2.10. The number of piperidine rings is 1. The van der Waals surface area contributed by atoms with Crippen LogP contribution in [0.2, 0.25) is 0 Å². The van der Waals surface area contributed by atoms with Gasteiger partial charge in [0.25, 0.3) is 5.91 Å². The summed E-state index contributed by atoms with van der Waals surface area (Å²) in [5.74, 6) is 1.49. The fourth-order valence-corrected chi connectivity index (χ4v) is 4.15. The molecule has 0 unspecified atom stereocenters. The first kappa shape index (κ1) is 20.1. The molecule has 156 valence electrons. The molecule has 1 aliphatic rings. The molecule has 2 aromatic carbocycles. The predicted molar refractivity (Wildman–Crippen MR) is 119 cm³/mol. The minimum Gasteiger partial charge on any atom is -0.355 e. The van der Waals surface area contributed by atoms with E-state index in [2.05, 4.69) is 53.0 Å². The molecule has 0 bridgehead atoms. The Bertz CT molecular complexity index is 1030. The number of aryl methyl sites for hydroxylation is 2. The van der Waals surface area contributed by atoms with Gasteiger partial charge in [-0.1, -0.05) is 24.3 Å². The number of nitrogens with one attached hydrogen (secondary N) is 1. The Kier molecular flexibility index (Phi) is 5.84. The van der Waals surface area contributed by atoms with E-state index >= 15 is 0 Å². The van der Waals surface area contributed by atoms with Crippen LogP contribution in [0.1, 0.15) is 53.0 Å². The van der Waals surface area contributed by atoms with Gasteiger partial charge in [0.15, 0.2) is 0 Å². The molecule has 1 aromatic heterocycles. The fraction of sp³-hybridized carbons (Fsp3) is 0.375. The quantitative estimate of drug-likeness (QED) is 0.672. The zero-order chi connectivity index (χ0) is 21.1. The smallest absolute Gasteiger partial charge is 0.255 e. The molecule has 1 fully saturated rings. The minimum atomic E-state index is 0.0822. The Balaban J connectivity index is 1.49. The van der Waals surface area contributed by atoms with Gasteiger partial charge in [0.2, 0.25) is 0 Å². The SMILES string of the molecule is CCn1cnnc1C1CCN(C(=O)c2ccccc2Nc2cccc(C)c2C)CC1. The number of carbonyl (C=O) groups is 1. The normalized spacial score (nSPS) is 14.7. The lowest BCUT2D eigenvalue weighted by atomic mass is 9.95. The zero-order valence-corrected chi connectivity index (χ0v) is 17.9. The monoisotopic (exact) mass is 403 g/mol. The maximum Gasteiger partial charge on any atom is 0.255 e.